The first kappa shape index (κ1) is 15.9. The summed E-state index contributed by atoms with van der Waals surface area (Å²) in [6, 6.07) is 3.01. The average Bonchev–Trinajstić information content (AvgIpc) is 2.74. The van der Waals surface area contributed by atoms with Crippen molar-refractivity contribution < 1.29 is 4.39 Å². The number of pyridine rings is 1. The normalized spacial score (nSPS) is 18.7. The highest BCUT2D eigenvalue weighted by atomic mass is 35.5. The summed E-state index contributed by atoms with van der Waals surface area (Å²) in [7, 11) is 0. The molecule has 0 saturated carbocycles. The van der Waals surface area contributed by atoms with Crippen LogP contribution in [0.15, 0.2) is 23.1 Å². The van der Waals surface area contributed by atoms with Gasteiger partial charge < -0.3 is 15.2 Å². The zero-order chi connectivity index (χ0) is 16.4. The maximum Gasteiger partial charge on any atom is 0.272 e. The van der Waals surface area contributed by atoms with Crippen LogP contribution in [0.25, 0.3) is 11.4 Å². The molecule has 1 atom stereocenters. The predicted octanol–water partition coefficient (Wildman–Crippen LogP) is 1.81. The summed E-state index contributed by atoms with van der Waals surface area (Å²) < 4.78 is 13.3. The first-order chi connectivity index (χ1) is 11.1. The van der Waals surface area contributed by atoms with Crippen LogP contribution in [0.1, 0.15) is 13.3 Å². The van der Waals surface area contributed by atoms with E-state index in [9.17, 15) is 9.18 Å². The van der Waals surface area contributed by atoms with Gasteiger partial charge >= 0.3 is 0 Å². The quantitative estimate of drug-likeness (QED) is 0.818. The lowest BCUT2D eigenvalue weighted by molar-refractivity contribution is 0.584. The minimum atomic E-state index is -0.631. The Labute approximate surface area is 137 Å². The molecule has 1 aliphatic rings. The maximum absolute atomic E-state index is 13.3. The van der Waals surface area contributed by atoms with E-state index in [0.29, 0.717) is 17.9 Å². The van der Waals surface area contributed by atoms with Crippen molar-refractivity contribution in [1.82, 2.24) is 20.3 Å². The first-order valence-corrected chi connectivity index (χ1v) is 7.83. The van der Waals surface area contributed by atoms with Crippen LogP contribution in [0.5, 0.6) is 0 Å². The molecule has 0 radical (unpaired) electrons. The van der Waals surface area contributed by atoms with E-state index in [1.165, 1.54) is 12.3 Å². The van der Waals surface area contributed by atoms with Crippen molar-refractivity contribution in [3.05, 3.63) is 39.7 Å². The second-order valence-corrected chi connectivity index (χ2v) is 5.88. The minimum absolute atomic E-state index is 0.0528. The van der Waals surface area contributed by atoms with Gasteiger partial charge in [-0.3, -0.25) is 4.79 Å². The van der Waals surface area contributed by atoms with Gasteiger partial charge in [0.2, 0.25) is 5.95 Å². The van der Waals surface area contributed by atoms with Gasteiger partial charge in [0.1, 0.15) is 10.8 Å². The molecule has 0 bridgehead atoms. The molecule has 3 heterocycles. The van der Waals surface area contributed by atoms with Crippen molar-refractivity contribution in [2.75, 3.05) is 24.5 Å². The molecular formula is C15H17ClFN5O. The van der Waals surface area contributed by atoms with Gasteiger partial charge in [0.05, 0.1) is 0 Å². The lowest BCUT2D eigenvalue weighted by atomic mass is 10.2. The van der Waals surface area contributed by atoms with E-state index in [1.807, 2.05) is 4.90 Å². The summed E-state index contributed by atoms with van der Waals surface area (Å²) in [5, 5.41) is 3.36. The van der Waals surface area contributed by atoms with Gasteiger partial charge in [-0.15, -0.1) is 0 Å². The van der Waals surface area contributed by atoms with E-state index < -0.39 is 11.5 Å². The highest BCUT2D eigenvalue weighted by Crippen LogP contribution is 2.26. The van der Waals surface area contributed by atoms with E-state index in [0.717, 1.165) is 19.5 Å². The number of anilines is 1. The summed E-state index contributed by atoms with van der Waals surface area (Å²) in [5.41, 5.74) is 0.0152. The van der Waals surface area contributed by atoms with E-state index in [-0.39, 0.29) is 16.9 Å². The molecule has 2 aromatic heterocycles. The molecular weight excluding hydrogens is 321 g/mol. The molecule has 1 fully saturated rings. The van der Waals surface area contributed by atoms with Gasteiger partial charge in [0.25, 0.3) is 5.56 Å². The van der Waals surface area contributed by atoms with E-state index in [4.69, 9.17) is 11.6 Å². The molecule has 0 aliphatic carbocycles. The van der Waals surface area contributed by atoms with Crippen LogP contribution in [0.2, 0.25) is 5.02 Å². The molecule has 1 aliphatic heterocycles. The monoisotopic (exact) mass is 337 g/mol. The van der Waals surface area contributed by atoms with Crippen molar-refractivity contribution in [2.24, 2.45) is 0 Å². The largest absolute Gasteiger partial charge is 0.351 e. The molecule has 1 saturated heterocycles. The van der Waals surface area contributed by atoms with E-state index >= 15 is 0 Å². The van der Waals surface area contributed by atoms with E-state index in [2.05, 4.69) is 27.2 Å². The smallest absolute Gasteiger partial charge is 0.272 e. The number of nitrogens with one attached hydrogen (secondary N) is 2. The van der Waals surface area contributed by atoms with Gasteiger partial charge in [-0.05, 0) is 26.0 Å². The van der Waals surface area contributed by atoms with Crippen molar-refractivity contribution >= 4 is 17.4 Å². The Kier molecular flexibility index (Phi) is 4.58. The molecule has 1 unspecified atom stereocenters. The number of nitrogens with zero attached hydrogens (tertiary/aromatic N) is 3. The number of aromatic nitrogens is 3. The third-order valence-electron chi connectivity index (χ3n) is 3.92. The molecule has 0 amide bonds. The molecule has 0 spiro atoms. The molecule has 3 rings (SSSR count). The molecule has 2 aromatic rings. The second kappa shape index (κ2) is 6.64. The Balaban J connectivity index is 2.08. The number of hydrogen-bond donors (Lipinski definition) is 2. The first-order valence-electron chi connectivity index (χ1n) is 7.45. The summed E-state index contributed by atoms with van der Waals surface area (Å²) in [5.74, 6) is 0.0768. The highest BCUT2D eigenvalue weighted by Gasteiger charge is 2.23. The van der Waals surface area contributed by atoms with Crippen LogP contribution in [0, 0.1) is 5.95 Å². The fourth-order valence-corrected chi connectivity index (χ4v) is 2.85. The maximum atomic E-state index is 13.3. The van der Waals surface area contributed by atoms with Crippen molar-refractivity contribution in [1.29, 1.82) is 0 Å². The zero-order valence-corrected chi connectivity index (χ0v) is 13.4. The second-order valence-electron chi connectivity index (χ2n) is 5.50. The van der Waals surface area contributed by atoms with Crippen molar-refractivity contribution in [3.8, 4) is 11.4 Å². The summed E-state index contributed by atoms with van der Waals surface area (Å²) in [6.45, 7) is 4.45. The lowest BCUT2D eigenvalue weighted by Crippen LogP contribution is -2.36. The Bertz CT molecular complexity index is 766. The molecule has 8 heteroatoms. The van der Waals surface area contributed by atoms with Crippen LogP contribution in [0.4, 0.5) is 10.2 Å². The fraction of sp³-hybridized carbons (Fsp3) is 0.400. The van der Waals surface area contributed by atoms with Crippen LogP contribution in [0.3, 0.4) is 0 Å². The van der Waals surface area contributed by atoms with Crippen LogP contribution < -0.4 is 15.8 Å². The number of aromatic amines is 1. The Morgan fingerprint density at radius 1 is 1.43 bits per heavy atom. The molecule has 0 aromatic carbocycles. The Morgan fingerprint density at radius 2 is 2.26 bits per heavy atom. The van der Waals surface area contributed by atoms with Crippen molar-refractivity contribution in [2.45, 2.75) is 19.4 Å². The van der Waals surface area contributed by atoms with Gasteiger partial charge in [-0.25, -0.2) is 9.97 Å². The third kappa shape index (κ3) is 3.35. The van der Waals surface area contributed by atoms with Crippen LogP contribution >= 0.6 is 11.6 Å². The van der Waals surface area contributed by atoms with Gasteiger partial charge in [-0.1, -0.05) is 11.6 Å². The van der Waals surface area contributed by atoms with Gasteiger partial charge in [0, 0.05) is 37.0 Å². The average molecular weight is 338 g/mol. The molecule has 2 N–H and O–H groups in total. The van der Waals surface area contributed by atoms with Crippen molar-refractivity contribution in [3.63, 3.8) is 0 Å². The number of hydrogen-bond acceptors (Lipinski definition) is 5. The summed E-state index contributed by atoms with van der Waals surface area (Å²) in [6.07, 6.45) is 2.25. The number of rotatable bonds is 2. The summed E-state index contributed by atoms with van der Waals surface area (Å²) in [4.78, 5) is 24.8. The highest BCUT2D eigenvalue weighted by molar-refractivity contribution is 6.32. The van der Waals surface area contributed by atoms with Gasteiger partial charge in [-0.2, -0.15) is 4.39 Å². The minimum Gasteiger partial charge on any atom is -0.351 e. The van der Waals surface area contributed by atoms with Crippen LogP contribution in [-0.4, -0.2) is 40.6 Å². The Morgan fingerprint density at radius 3 is 3.04 bits per heavy atom. The fourth-order valence-electron chi connectivity index (χ4n) is 2.65. The lowest BCUT2D eigenvalue weighted by Gasteiger charge is -2.28. The molecule has 23 heavy (non-hydrogen) atoms. The number of halogens is 2. The summed E-state index contributed by atoms with van der Waals surface area (Å²) >= 11 is 6.18. The van der Waals surface area contributed by atoms with Gasteiger partial charge in [0.15, 0.2) is 5.82 Å². The third-order valence-corrected chi connectivity index (χ3v) is 4.26. The number of H-pyrrole nitrogens is 1. The SMILES string of the molecule is CC1CCNCCN1c1nc(-c2ccnc(F)c2)[nH]c(=O)c1Cl. The zero-order valence-electron chi connectivity index (χ0n) is 12.6. The van der Waals surface area contributed by atoms with Crippen LogP contribution in [-0.2, 0) is 0 Å². The topological polar surface area (TPSA) is 73.9 Å². The Hall–Kier alpha value is -1.99. The molecule has 122 valence electrons. The standard InChI is InChI=1S/C15H17ClFN5O/c1-9-2-4-18-6-7-22(9)14-12(16)15(23)21-13(20-14)10-3-5-19-11(17)8-10/h3,5,8-9,18H,2,4,6-7H2,1H3,(H,20,21,23). The van der Waals surface area contributed by atoms with E-state index in [1.54, 1.807) is 6.07 Å². The molecule has 6 nitrogen and oxygen atoms in total. The predicted molar refractivity (Wildman–Crippen MR) is 87.4 cm³/mol.